The van der Waals surface area contributed by atoms with Crippen molar-refractivity contribution in [1.82, 2.24) is 5.32 Å². The number of ether oxygens (including phenoxy) is 1. The lowest BCUT2D eigenvalue weighted by atomic mass is 10.1. The number of anilines is 2. The van der Waals surface area contributed by atoms with Gasteiger partial charge in [-0.15, -0.1) is 0 Å². The zero-order valence-corrected chi connectivity index (χ0v) is 11.9. The highest BCUT2D eigenvalue weighted by molar-refractivity contribution is 5.89. The average Bonchev–Trinajstić information content (AvgIpc) is 2.50. The Balaban J connectivity index is 1.77. The number of methoxy groups -OCH3 is 1. The predicted molar refractivity (Wildman–Crippen MR) is 84.6 cm³/mol. The highest BCUT2D eigenvalue weighted by Gasteiger charge is 2.01. The quantitative estimate of drug-likeness (QED) is 0.739. The van der Waals surface area contributed by atoms with E-state index in [0.29, 0.717) is 17.9 Å². The van der Waals surface area contributed by atoms with Gasteiger partial charge < -0.3 is 21.1 Å². The Morgan fingerprint density at radius 2 is 1.95 bits per heavy atom. The van der Waals surface area contributed by atoms with Crippen LogP contribution < -0.4 is 21.1 Å². The summed E-state index contributed by atoms with van der Waals surface area (Å²) in [5.41, 5.74) is 8.08. The molecule has 0 radical (unpaired) electrons. The number of benzene rings is 2. The van der Waals surface area contributed by atoms with E-state index in [1.165, 1.54) is 0 Å². The number of amides is 2. The molecule has 110 valence electrons. The van der Waals surface area contributed by atoms with Crippen LogP contribution >= 0.6 is 0 Å². The summed E-state index contributed by atoms with van der Waals surface area (Å²) >= 11 is 0. The number of nitrogen functional groups attached to an aromatic ring is 1. The van der Waals surface area contributed by atoms with Gasteiger partial charge in [-0.3, -0.25) is 0 Å². The summed E-state index contributed by atoms with van der Waals surface area (Å²) < 4.78 is 5.16. The van der Waals surface area contributed by atoms with Gasteiger partial charge in [0.2, 0.25) is 0 Å². The molecule has 0 aromatic heterocycles. The van der Waals surface area contributed by atoms with Crippen LogP contribution in [0.5, 0.6) is 5.75 Å². The topological polar surface area (TPSA) is 76.4 Å². The molecule has 21 heavy (non-hydrogen) atoms. The Hall–Kier alpha value is -2.69. The fraction of sp³-hybridized carbons (Fsp3) is 0.188. The molecule has 2 aromatic rings. The lowest BCUT2D eigenvalue weighted by Gasteiger charge is -2.08. The summed E-state index contributed by atoms with van der Waals surface area (Å²) in [4.78, 5) is 11.7. The van der Waals surface area contributed by atoms with Crippen molar-refractivity contribution in [3.63, 3.8) is 0 Å². The molecular weight excluding hydrogens is 266 g/mol. The van der Waals surface area contributed by atoms with Gasteiger partial charge in [-0.1, -0.05) is 12.1 Å². The number of nitrogens with two attached hydrogens (primary N) is 1. The molecule has 2 amide bonds. The highest BCUT2D eigenvalue weighted by atomic mass is 16.5. The maximum atomic E-state index is 11.7. The summed E-state index contributed by atoms with van der Waals surface area (Å²) in [7, 11) is 1.64. The second-order valence-corrected chi connectivity index (χ2v) is 4.60. The van der Waals surface area contributed by atoms with Crippen molar-refractivity contribution in [3.8, 4) is 5.75 Å². The molecule has 2 rings (SSSR count). The van der Waals surface area contributed by atoms with Crippen LogP contribution in [0.25, 0.3) is 0 Å². The first-order valence-electron chi connectivity index (χ1n) is 6.71. The van der Waals surface area contributed by atoms with Crippen LogP contribution in [0.15, 0.2) is 48.5 Å². The van der Waals surface area contributed by atoms with Crippen molar-refractivity contribution in [2.24, 2.45) is 0 Å². The van der Waals surface area contributed by atoms with E-state index in [9.17, 15) is 4.79 Å². The van der Waals surface area contributed by atoms with Gasteiger partial charge in [0.05, 0.1) is 7.11 Å². The van der Waals surface area contributed by atoms with Crippen LogP contribution in [0, 0.1) is 0 Å². The molecule has 0 heterocycles. The van der Waals surface area contributed by atoms with Crippen molar-refractivity contribution < 1.29 is 9.53 Å². The Kier molecular flexibility index (Phi) is 5.04. The van der Waals surface area contributed by atoms with Crippen molar-refractivity contribution in [3.05, 3.63) is 54.1 Å². The Morgan fingerprint density at radius 3 is 2.67 bits per heavy atom. The van der Waals surface area contributed by atoms with Crippen molar-refractivity contribution >= 4 is 17.4 Å². The van der Waals surface area contributed by atoms with Gasteiger partial charge in [0.1, 0.15) is 5.75 Å². The highest BCUT2D eigenvalue weighted by Crippen LogP contribution is 2.13. The van der Waals surface area contributed by atoms with Crippen LogP contribution in [-0.4, -0.2) is 19.7 Å². The van der Waals surface area contributed by atoms with Gasteiger partial charge in [-0.05, 0) is 48.4 Å². The third kappa shape index (κ3) is 4.72. The minimum absolute atomic E-state index is 0.234. The molecule has 0 aliphatic rings. The molecule has 5 heteroatoms. The molecule has 5 nitrogen and oxygen atoms in total. The van der Waals surface area contributed by atoms with Gasteiger partial charge in [0, 0.05) is 17.9 Å². The number of nitrogens with one attached hydrogen (secondary N) is 2. The first-order valence-corrected chi connectivity index (χ1v) is 6.71. The Labute approximate surface area is 124 Å². The Bertz CT molecular complexity index is 597. The minimum Gasteiger partial charge on any atom is -0.497 e. The molecular formula is C16H19N3O2. The molecule has 0 unspecified atom stereocenters. The molecule has 0 spiro atoms. The molecule has 0 atom stereocenters. The van der Waals surface area contributed by atoms with Gasteiger partial charge in [-0.2, -0.15) is 0 Å². The maximum absolute atomic E-state index is 11.7. The number of carbonyl (C=O) groups excluding carboxylic acids is 1. The van der Waals surface area contributed by atoms with Crippen molar-refractivity contribution in [2.45, 2.75) is 6.42 Å². The number of carbonyl (C=O) groups is 1. The lowest BCUT2D eigenvalue weighted by molar-refractivity contribution is 0.252. The number of urea groups is 1. The number of hydrogen-bond acceptors (Lipinski definition) is 3. The van der Waals surface area contributed by atoms with Gasteiger partial charge in [0.25, 0.3) is 0 Å². The molecule has 0 saturated carbocycles. The number of rotatable bonds is 5. The minimum atomic E-state index is -0.234. The van der Waals surface area contributed by atoms with Crippen LogP contribution in [0.4, 0.5) is 16.2 Å². The maximum Gasteiger partial charge on any atom is 0.319 e. The van der Waals surface area contributed by atoms with E-state index >= 15 is 0 Å². The molecule has 4 N–H and O–H groups in total. The number of hydrogen-bond donors (Lipinski definition) is 3. The summed E-state index contributed by atoms with van der Waals surface area (Å²) in [6.45, 7) is 0.550. The van der Waals surface area contributed by atoms with Crippen LogP contribution in [0.3, 0.4) is 0 Å². The zero-order chi connectivity index (χ0) is 15.1. The summed E-state index contributed by atoms with van der Waals surface area (Å²) in [5.74, 6) is 0.818. The van der Waals surface area contributed by atoms with E-state index in [4.69, 9.17) is 10.5 Å². The van der Waals surface area contributed by atoms with E-state index in [2.05, 4.69) is 10.6 Å². The molecule has 0 aliphatic carbocycles. The van der Waals surface area contributed by atoms with E-state index in [0.717, 1.165) is 17.7 Å². The summed E-state index contributed by atoms with van der Waals surface area (Å²) in [5, 5.41) is 5.56. The van der Waals surface area contributed by atoms with Crippen LogP contribution in [0.2, 0.25) is 0 Å². The van der Waals surface area contributed by atoms with Gasteiger partial charge in [0.15, 0.2) is 0 Å². The van der Waals surface area contributed by atoms with E-state index in [1.807, 2.05) is 24.3 Å². The molecule has 0 bridgehead atoms. The fourth-order valence-corrected chi connectivity index (χ4v) is 1.89. The van der Waals surface area contributed by atoms with Crippen molar-refractivity contribution in [2.75, 3.05) is 24.7 Å². The predicted octanol–water partition coefficient (Wildman–Crippen LogP) is 2.64. The Morgan fingerprint density at radius 1 is 1.19 bits per heavy atom. The summed E-state index contributed by atoms with van der Waals surface area (Å²) in [6.07, 6.45) is 0.742. The third-order valence-corrected chi connectivity index (χ3v) is 3.00. The van der Waals surface area contributed by atoms with E-state index < -0.39 is 0 Å². The second kappa shape index (κ2) is 7.19. The normalized spacial score (nSPS) is 9.95. The first-order chi connectivity index (χ1) is 10.2. The summed E-state index contributed by atoms with van der Waals surface area (Å²) in [6, 6.07) is 14.6. The van der Waals surface area contributed by atoms with Crippen molar-refractivity contribution in [1.29, 1.82) is 0 Å². The zero-order valence-electron chi connectivity index (χ0n) is 11.9. The molecule has 0 saturated heterocycles. The van der Waals surface area contributed by atoms with Gasteiger partial charge in [-0.25, -0.2) is 4.79 Å². The largest absolute Gasteiger partial charge is 0.497 e. The van der Waals surface area contributed by atoms with Crippen LogP contribution in [0.1, 0.15) is 5.56 Å². The standard InChI is InChI=1S/C16H19N3O2/c1-21-15-4-2-3-12(11-15)9-10-18-16(20)19-14-7-5-13(17)6-8-14/h2-8,11H,9-10,17H2,1H3,(H2,18,19,20). The first kappa shape index (κ1) is 14.7. The monoisotopic (exact) mass is 285 g/mol. The lowest BCUT2D eigenvalue weighted by Crippen LogP contribution is -2.30. The third-order valence-electron chi connectivity index (χ3n) is 3.00. The second-order valence-electron chi connectivity index (χ2n) is 4.60. The smallest absolute Gasteiger partial charge is 0.319 e. The van der Waals surface area contributed by atoms with Gasteiger partial charge >= 0.3 is 6.03 Å². The molecule has 0 fully saturated rings. The molecule has 0 aliphatic heterocycles. The molecule has 2 aromatic carbocycles. The van der Waals surface area contributed by atoms with E-state index in [-0.39, 0.29) is 6.03 Å². The van der Waals surface area contributed by atoms with Crippen LogP contribution in [-0.2, 0) is 6.42 Å². The average molecular weight is 285 g/mol. The van der Waals surface area contributed by atoms with E-state index in [1.54, 1.807) is 31.4 Å². The fourth-order valence-electron chi connectivity index (χ4n) is 1.89. The SMILES string of the molecule is COc1cccc(CCNC(=O)Nc2ccc(N)cc2)c1.